The second-order valence-electron chi connectivity index (χ2n) is 6.04. The number of carbonyl (C=O) groups excluding carboxylic acids is 1. The van der Waals surface area contributed by atoms with E-state index in [-0.39, 0.29) is 17.6 Å². The van der Waals surface area contributed by atoms with E-state index in [1.54, 1.807) is 14.2 Å². The second kappa shape index (κ2) is 7.99. The van der Waals surface area contributed by atoms with Gasteiger partial charge in [-0.25, -0.2) is 4.79 Å². The zero-order valence-electron chi connectivity index (χ0n) is 14.5. The quantitative estimate of drug-likeness (QED) is 0.657. The Morgan fingerprint density at radius 3 is 2.14 bits per heavy atom. The normalized spacial score (nSPS) is 26.2. The smallest absolute Gasteiger partial charge is 0.321 e. The Bertz CT molecular complexity index is 335. The van der Waals surface area contributed by atoms with Crippen LogP contribution in [0, 0.1) is 5.92 Å². The highest BCUT2D eigenvalue weighted by atomic mass is 16.5. The largest absolute Gasteiger partial charge is 0.383 e. The molecule has 124 valence electrons. The molecular weight excluding hydrogens is 268 g/mol. The lowest BCUT2D eigenvalue weighted by Gasteiger charge is -2.44. The Hall–Kier alpha value is -0.810. The van der Waals surface area contributed by atoms with Gasteiger partial charge >= 0.3 is 6.03 Å². The van der Waals surface area contributed by atoms with Crippen molar-refractivity contribution in [2.45, 2.75) is 52.1 Å². The lowest BCUT2D eigenvalue weighted by atomic mass is 9.76. The summed E-state index contributed by atoms with van der Waals surface area (Å²) < 4.78 is 10.4. The van der Waals surface area contributed by atoms with E-state index in [4.69, 9.17) is 9.47 Å². The molecule has 0 spiro atoms. The van der Waals surface area contributed by atoms with Crippen LogP contribution >= 0.6 is 0 Å². The van der Waals surface area contributed by atoms with Crippen molar-refractivity contribution < 1.29 is 14.3 Å². The van der Waals surface area contributed by atoms with Crippen LogP contribution in [0.5, 0.6) is 0 Å². The maximum absolute atomic E-state index is 12.9. The molecule has 0 bridgehead atoms. The van der Waals surface area contributed by atoms with E-state index in [0.717, 1.165) is 12.8 Å². The van der Waals surface area contributed by atoms with E-state index < -0.39 is 0 Å². The minimum absolute atomic E-state index is 0.113. The van der Waals surface area contributed by atoms with E-state index in [1.165, 1.54) is 0 Å². The van der Waals surface area contributed by atoms with Crippen LogP contribution in [0.4, 0.5) is 4.79 Å². The van der Waals surface area contributed by atoms with Crippen LogP contribution < -0.4 is 0 Å². The van der Waals surface area contributed by atoms with Crippen LogP contribution in [0.15, 0.2) is 0 Å². The van der Waals surface area contributed by atoms with Crippen LogP contribution in [-0.4, -0.2) is 67.9 Å². The molecule has 0 aromatic rings. The van der Waals surface area contributed by atoms with E-state index in [2.05, 4.69) is 27.7 Å². The summed E-state index contributed by atoms with van der Waals surface area (Å²) in [6.45, 7) is 11.3. The molecule has 1 heterocycles. The van der Waals surface area contributed by atoms with Crippen molar-refractivity contribution in [3.8, 4) is 0 Å². The molecule has 1 fully saturated rings. The lowest BCUT2D eigenvalue weighted by Crippen LogP contribution is -2.56. The lowest BCUT2D eigenvalue weighted by molar-refractivity contribution is 0.0522. The molecule has 5 nitrogen and oxygen atoms in total. The maximum atomic E-state index is 12.9. The fourth-order valence-corrected chi connectivity index (χ4v) is 3.95. The van der Waals surface area contributed by atoms with Gasteiger partial charge in [-0.1, -0.05) is 27.7 Å². The number of carbonyl (C=O) groups is 1. The minimum atomic E-state index is -0.113. The van der Waals surface area contributed by atoms with E-state index in [1.807, 2.05) is 9.80 Å². The van der Waals surface area contributed by atoms with E-state index >= 15 is 0 Å². The maximum Gasteiger partial charge on any atom is 0.321 e. The van der Waals surface area contributed by atoms with E-state index in [9.17, 15) is 4.79 Å². The van der Waals surface area contributed by atoms with Gasteiger partial charge in [0.1, 0.15) is 0 Å². The number of rotatable bonds is 9. The van der Waals surface area contributed by atoms with Gasteiger partial charge in [-0.3, -0.25) is 0 Å². The van der Waals surface area contributed by atoms with Gasteiger partial charge in [0.2, 0.25) is 0 Å². The number of urea groups is 1. The molecule has 1 aliphatic heterocycles. The number of ether oxygens (including phenoxy) is 2. The summed E-state index contributed by atoms with van der Waals surface area (Å²) in [5.74, 6) is 0.404. The van der Waals surface area contributed by atoms with Crippen molar-refractivity contribution in [2.24, 2.45) is 5.92 Å². The van der Waals surface area contributed by atoms with Gasteiger partial charge in [0.05, 0.1) is 24.8 Å². The Balaban J connectivity index is 3.15. The zero-order valence-corrected chi connectivity index (χ0v) is 14.5. The summed E-state index contributed by atoms with van der Waals surface area (Å²) in [5.41, 5.74) is -0.113. The predicted octanol–water partition coefficient (Wildman–Crippen LogP) is 2.60. The standard InChI is InChI=1S/C16H32N2O3/c1-7-14-16(8-2,13(3)4)18(10-12-21-6)15(19)17(14)9-11-20-5/h13-14H,7-12H2,1-6H3. The van der Waals surface area contributed by atoms with Gasteiger partial charge in [0.15, 0.2) is 0 Å². The molecule has 1 rings (SSSR count). The van der Waals surface area contributed by atoms with Gasteiger partial charge in [0.25, 0.3) is 0 Å². The summed E-state index contributed by atoms with van der Waals surface area (Å²) in [6, 6.07) is 0.369. The van der Waals surface area contributed by atoms with Crippen molar-refractivity contribution >= 4 is 6.03 Å². The first-order valence-electron chi connectivity index (χ1n) is 8.07. The highest BCUT2D eigenvalue weighted by Gasteiger charge is 2.56. The first kappa shape index (κ1) is 18.2. The summed E-state index contributed by atoms with van der Waals surface area (Å²) in [6.07, 6.45) is 1.92. The van der Waals surface area contributed by atoms with Crippen molar-refractivity contribution in [1.82, 2.24) is 9.80 Å². The molecule has 5 heteroatoms. The van der Waals surface area contributed by atoms with Gasteiger partial charge < -0.3 is 19.3 Å². The van der Waals surface area contributed by atoms with Crippen LogP contribution in [0.1, 0.15) is 40.5 Å². The molecule has 1 saturated heterocycles. The summed E-state index contributed by atoms with van der Waals surface area (Å²) >= 11 is 0. The second-order valence-corrected chi connectivity index (χ2v) is 6.04. The van der Waals surface area contributed by atoms with Crippen LogP contribution in [-0.2, 0) is 9.47 Å². The van der Waals surface area contributed by atoms with Gasteiger partial charge in [-0.2, -0.15) is 0 Å². The number of amides is 2. The third-order valence-electron chi connectivity index (χ3n) is 4.94. The fraction of sp³-hybridized carbons (Fsp3) is 0.938. The predicted molar refractivity (Wildman–Crippen MR) is 84.5 cm³/mol. The molecule has 0 N–H and O–H groups in total. The minimum Gasteiger partial charge on any atom is -0.383 e. The van der Waals surface area contributed by atoms with Crippen molar-refractivity contribution in [3.63, 3.8) is 0 Å². The molecule has 0 aromatic carbocycles. The molecule has 21 heavy (non-hydrogen) atoms. The molecule has 0 aromatic heterocycles. The topological polar surface area (TPSA) is 42.0 Å². The molecule has 0 saturated carbocycles. The van der Waals surface area contributed by atoms with Crippen molar-refractivity contribution in [2.75, 3.05) is 40.5 Å². The summed E-state index contributed by atoms with van der Waals surface area (Å²) in [7, 11) is 3.36. The van der Waals surface area contributed by atoms with E-state index in [0.29, 0.717) is 32.2 Å². The first-order valence-corrected chi connectivity index (χ1v) is 8.07. The highest BCUT2D eigenvalue weighted by Crippen LogP contribution is 2.42. The molecule has 2 unspecified atom stereocenters. The fourth-order valence-electron chi connectivity index (χ4n) is 3.95. The SMILES string of the molecule is CCC1N(CCOC)C(=O)N(CCOC)C1(CC)C(C)C. The summed E-state index contributed by atoms with van der Waals surface area (Å²) in [4.78, 5) is 17.0. The highest BCUT2D eigenvalue weighted by molar-refractivity contribution is 5.79. The van der Waals surface area contributed by atoms with Crippen LogP contribution in [0.25, 0.3) is 0 Å². The molecule has 2 atom stereocenters. The third kappa shape index (κ3) is 3.19. The zero-order chi connectivity index (χ0) is 16.0. The molecule has 0 radical (unpaired) electrons. The Morgan fingerprint density at radius 2 is 1.71 bits per heavy atom. The van der Waals surface area contributed by atoms with Crippen molar-refractivity contribution in [3.05, 3.63) is 0 Å². The Kier molecular flexibility index (Phi) is 6.94. The van der Waals surface area contributed by atoms with Gasteiger partial charge in [-0.15, -0.1) is 0 Å². The summed E-state index contributed by atoms with van der Waals surface area (Å²) in [5, 5.41) is 0. The number of methoxy groups -OCH3 is 2. The number of nitrogens with zero attached hydrogens (tertiary/aromatic N) is 2. The number of hydrogen-bond donors (Lipinski definition) is 0. The number of hydrogen-bond acceptors (Lipinski definition) is 3. The third-order valence-corrected chi connectivity index (χ3v) is 4.94. The van der Waals surface area contributed by atoms with Crippen LogP contribution in [0.3, 0.4) is 0 Å². The van der Waals surface area contributed by atoms with Gasteiger partial charge in [0, 0.05) is 27.3 Å². The Labute approximate surface area is 129 Å². The first-order chi connectivity index (χ1) is 10.0. The monoisotopic (exact) mass is 300 g/mol. The molecule has 1 aliphatic rings. The average molecular weight is 300 g/mol. The average Bonchev–Trinajstić information content (AvgIpc) is 2.71. The van der Waals surface area contributed by atoms with Crippen molar-refractivity contribution in [1.29, 1.82) is 0 Å². The van der Waals surface area contributed by atoms with Crippen LogP contribution in [0.2, 0.25) is 0 Å². The molecule has 0 aliphatic carbocycles. The van der Waals surface area contributed by atoms with Gasteiger partial charge in [-0.05, 0) is 18.8 Å². The molecular formula is C16H32N2O3. The Morgan fingerprint density at radius 1 is 1.14 bits per heavy atom. The molecule has 2 amide bonds.